The Balaban J connectivity index is 1.96. The minimum absolute atomic E-state index is 0.121. The van der Waals surface area contributed by atoms with E-state index in [-0.39, 0.29) is 18.1 Å². The van der Waals surface area contributed by atoms with Gasteiger partial charge in [-0.2, -0.15) is 0 Å². The molecule has 0 aliphatic carbocycles. The molecule has 110 valence electrons. The first kappa shape index (κ1) is 14.9. The predicted molar refractivity (Wildman–Crippen MR) is 77.9 cm³/mol. The molecule has 0 aromatic heterocycles. The second-order valence-electron chi connectivity index (χ2n) is 5.29. The largest absolute Gasteiger partial charge is 0.494 e. The maximum Gasteiger partial charge on any atom is 0.227 e. The van der Waals surface area contributed by atoms with Crippen molar-refractivity contribution in [3.63, 3.8) is 0 Å². The van der Waals surface area contributed by atoms with Gasteiger partial charge in [-0.1, -0.05) is 12.1 Å². The highest BCUT2D eigenvalue weighted by Crippen LogP contribution is 2.16. The van der Waals surface area contributed by atoms with Gasteiger partial charge in [0.05, 0.1) is 31.8 Å². The monoisotopic (exact) mass is 277 g/mol. The molecule has 1 fully saturated rings. The number of hydrogen-bond acceptors (Lipinski definition) is 3. The van der Waals surface area contributed by atoms with Crippen molar-refractivity contribution in [1.82, 2.24) is 4.90 Å². The van der Waals surface area contributed by atoms with E-state index in [9.17, 15) is 4.79 Å². The molecule has 1 aliphatic heterocycles. The topological polar surface area (TPSA) is 38.8 Å². The van der Waals surface area contributed by atoms with Crippen LogP contribution in [0.25, 0.3) is 0 Å². The van der Waals surface area contributed by atoms with Crippen LogP contribution in [0.1, 0.15) is 26.3 Å². The molecule has 0 saturated carbocycles. The van der Waals surface area contributed by atoms with Crippen LogP contribution in [0.2, 0.25) is 0 Å². The van der Waals surface area contributed by atoms with E-state index >= 15 is 0 Å². The summed E-state index contributed by atoms with van der Waals surface area (Å²) in [6.45, 7) is 7.94. The van der Waals surface area contributed by atoms with Crippen LogP contribution >= 0.6 is 0 Å². The Morgan fingerprint density at radius 3 is 2.70 bits per heavy atom. The molecule has 20 heavy (non-hydrogen) atoms. The standard InChI is InChI=1S/C16H23NO3/c1-4-19-15-7-5-14(6-8-15)9-16(18)17-10-13(3)20-11-12(17)2/h5-8,12-13H,4,9-11H2,1-3H3. The van der Waals surface area contributed by atoms with Crippen LogP contribution in [0.3, 0.4) is 0 Å². The molecule has 1 aromatic rings. The van der Waals surface area contributed by atoms with E-state index < -0.39 is 0 Å². The highest BCUT2D eigenvalue weighted by molar-refractivity contribution is 5.79. The van der Waals surface area contributed by atoms with Crippen molar-refractivity contribution >= 4 is 5.91 Å². The zero-order chi connectivity index (χ0) is 14.5. The van der Waals surface area contributed by atoms with Crippen LogP contribution in [0.15, 0.2) is 24.3 Å². The normalized spacial score (nSPS) is 22.6. The quantitative estimate of drug-likeness (QED) is 0.847. The number of rotatable bonds is 4. The molecule has 2 atom stereocenters. The molecule has 2 rings (SSSR count). The Hall–Kier alpha value is -1.55. The molecule has 1 amide bonds. The summed E-state index contributed by atoms with van der Waals surface area (Å²) in [5, 5.41) is 0. The molecule has 1 aromatic carbocycles. The third-order valence-corrected chi connectivity index (χ3v) is 3.52. The van der Waals surface area contributed by atoms with Gasteiger partial charge in [0.25, 0.3) is 0 Å². The Bertz CT molecular complexity index is 444. The van der Waals surface area contributed by atoms with Crippen LogP contribution < -0.4 is 4.74 Å². The van der Waals surface area contributed by atoms with Crippen molar-refractivity contribution in [2.45, 2.75) is 39.3 Å². The van der Waals surface area contributed by atoms with Gasteiger partial charge in [0.15, 0.2) is 0 Å². The van der Waals surface area contributed by atoms with Crippen molar-refractivity contribution in [3.05, 3.63) is 29.8 Å². The van der Waals surface area contributed by atoms with Crippen LogP contribution in [-0.4, -0.2) is 42.7 Å². The molecule has 2 unspecified atom stereocenters. The van der Waals surface area contributed by atoms with E-state index in [1.807, 2.05) is 49.9 Å². The van der Waals surface area contributed by atoms with Gasteiger partial charge >= 0.3 is 0 Å². The summed E-state index contributed by atoms with van der Waals surface area (Å²) in [4.78, 5) is 14.3. The van der Waals surface area contributed by atoms with Gasteiger partial charge in [0, 0.05) is 6.54 Å². The van der Waals surface area contributed by atoms with Gasteiger partial charge in [-0.15, -0.1) is 0 Å². The highest BCUT2D eigenvalue weighted by atomic mass is 16.5. The molecule has 4 heteroatoms. The van der Waals surface area contributed by atoms with Gasteiger partial charge in [0.2, 0.25) is 5.91 Å². The molecule has 1 saturated heterocycles. The first-order valence-electron chi connectivity index (χ1n) is 7.23. The van der Waals surface area contributed by atoms with Crippen molar-refractivity contribution in [3.8, 4) is 5.75 Å². The molecular formula is C16H23NO3. The lowest BCUT2D eigenvalue weighted by Gasteiger charge is -2.36. The van der Waals surface area contributed by atoms with E-state index in [2.05, 4.69) is 0 Å². The second kappa shape index (κ2) is 6.75. The summed E-state index contributed by atoms with van der Waals surface area (Å²) in [5.41, 5.74) is 1.02. The lowest BCUT2D eigenvalue weighted by Crippen LogP contribution is -2.50. The minimum Gasteiger partial charge on any atom is -0.494 e. The highest BCUT2D eigenvalue weighted by Gasteiger charge is 2.27. The number of amides is 1. The van der Waals surface area contributed by atoms with Gasteiger partial charge in [-0.3, -0.25) is 4.79 Å². The molecule has 1 heterocycles. The minimum atomic E-state index is 0.121. The van der Waals surface area contributed by atoms with Crippen molar-refractivity contribution in [1.29, 1.82) is 0 Å². The van der Waals surface area contributed by atoms with Gasteiger partial charge in [-0.05, 0) is 38.5 Å². The molecule has 4 nitrogen and oxygen atoms in total. The maximum absolute atomic E-state index is 12.4. The fourth-order valence-electron chi connectivity index (χ4n) is 2.40. The van der Waals surface area contributed by atoms with E-state index in [0.717, 1.165) is 11.3 Å². The summed E-state index contributed by atoms with van der Waals surface area (Å²) in [7, 11) is 0. The molecule has 0 bridgehead atoms. The van der Waals surface area contributed by atoms with E-state index in [0.29, 0.717) is 26.2 Å². The third kappa shape index (κ3) is 3.73. The fraction of sp³-hybridized carbons (Fsp3) is 0.562. The first-order valence-corrected chi connectivity index (χ1v) is 7.23. The lowest BCUT2D eigenvalue weighted by molar-refractivity contribution is -0.142. The SMILES string of the molecule is CCOc1ccc(CC(=O)N2CC(C)OCC2C)cc1. The van der Waals surface area contributed by atoms with Crippen molar-refractivity contribution in [2.24, 2.45) is 0 Å². The Kier molecular flexibility index (Phi) is 5.01. The number of morpholine rings is 1. The number of nitrogens with zero attached hydrogens (tertiary/aromatic N) is 1. The summed E-state index contributed by atoms with van der Waals surface area (Å²) in [6.07, 6.45) is 0.555. The smallest absolute Gasteiger partial charge is 0.227 e. The van der Waals surface area contributed by atoms with Crippen LogP contribution in [0.5, 0.6) is 5.75 Å². The van der Waals surface area contributed by atoms with Crippen LogP contribution in [0, 0.1) is 0 Å². The number of carbonyl (C=O) groups excluding carboxylic acids is 1. The summed E-state index contributed by atoms with van der Waals surface area (Å²) in [6, 6.07) is 7.89. The van der Waals surface area contributed by atoms with Crippen molar-refractivity contribution in [2.75, 3.05) is 19.8 Å². The molecule has 0 radical (unpaired) electrons. The molecule has 0 N–H and O–H groups in total. The number of ether oxygens (including phenoxy) is 2. The molecule has 1 aliphatic rings. The fourth-order valence-corrected chi connectivity index (χ4v) is 2.40. The summed E-state index contributed by atoms with van der Waals surface area (Å²) >= 11 is 0. The van der Waals surface area contributed by atoms with Crippen LogP contribution in [-0.2, 0) is 16.0 Å². The summed E-state index contributed by atoms with van der Waals surface area (Å²) < 4.78 is 11.0. The lowest BCUT2D eigenvalue weighted by atomic mass is 10.1. The Labute approximate surface area is 120 Å². The van der Waals surface area contributed by atoms with E-state index in [1.165, 1.54) is 0 Å². The van der Waals surface area contributed by atoms with Crippen LogP contribution in [0.4, 0.5) is 0 Å². The van der Waals surface area contributed by atoms with E-state index in [1.54, 1.807) is 0 Å². The third-order valence-electron chi connectivity index (χ3n) is 3.52. The average Bonchev–Trinajstić information content (AvgIpc) is 2.44. The second-order valence-corrected chi connectivity index (χ2v) is 5.29. The molecular weight excluding hydrogens is 254 g/mol. The first-order chi connectivity index (χ1) is 9.60. The molecule has 0 spiro atoms. The zero-order valence-electron chi connectivity index (χ0n) is 12.5. The Morgan fingerprint density at radius 2 is 2.05 bits per heavy atom. The number of hydrogen-bond donors (Lipinski definition) is 0. The van der Waals surface area contributed by atoms with Gasteiger partial charge in [0.1, 0.15) is 5.75 Å². The predicted octanol–water partition coefficient (Wildman–Crippen LogP) is 2.26. The van der Waals surface area contributed by atoms with Gasteiger partial charge in [-0.25, -0.2) is 0 Å². The van der Waals surface area contributed by atoms with Crippen molar-refractivity contribution < 1.29 is 14.3 Å². The maximum atomic E-state index is 12.4. The summed E-state index contributed by atoms with van der Waals surface area (Å²) in [5.74, 6) is 1.01. The number of benzene rings is 1. The zero-order valence-corrected chi connectivity index (χ0v) is 12.5. The van der Waals surface area contributed by atoms with Gasteiger partial charge < -0.3 is 14.4 Å². The van der Waals surface area contributed by atoms with E-state index in [4.69, 9.17) is 9.47 Å². The average molecular weight is 277 g/mol. The Morgan fingerprint density at radius 1 is 1.35 bits per heavy atom. The number of carbonyl (C=O) groups is 1.